The third kappa shape index (κ3) is 3.81. The molecule has 0 radical (unpaired) electrons. The zero-order chi connectivity index (χ0) is 15.5. The first-order valence-corrected chi connectivity index (χ1v) is 8.35. The summed E-state index contributed by atoms with van der Waals surface area (Å²) >= 11 is 0. The van der Waals surface area contributed by atoms with Gasteiger partial charge >= 0.3 is 0 Å². The van der Waals surface area contributed by atoms with Crippen molar-refractivity contribution in [3.63, 3.8) is 0 Å². The van der Waals surface area contributed by atoms with Crippen LogP contribution in [0.25, 0.3) is 0 Å². The maximum Gasteiger partial charge on any atom is 0.240 e. The van der Waals surface area contributed by atoms with Crippen LogP contribution in [0.15, 0.2) is 29.2 Å². The predicted molar refractivity (Wildman–Crippen MR) is 79.4 cm³/mol. The van der Waals surface area contributed by atoms with Crippen molar-refractivity contribution in [2.24, 2.45) is 5.73 Å². The maximum atomic E-state index is 12.4. The summed E-state index contributed by atoms with van der Waals surface area (Å²) in [6, 6.07) is 6.44. The molecule has 7 heteroatoms. The van der Waals surface area contributed by atoms with Crippen LogP contribution in [0.3, 0.4) is 0 Å². The third-order valence-corrected chi connectivity index (χ3v) is 5.18. The van der Waals surface area contributed by atoms with E-state index in [4.69, 9.17) is 15.2 Å². The van der Waals surface area contributed by atoms with Crippen LogP contribution in [0.5, 0.6) is 0 Å². The van der Waals surface area contributed by atoms with Gasteiger partial charge < -0.3 is 15.2 Å². The van der Waals surface area contributed by atoms with E-state index < -0.39 is 15.6 Å². The van der Waals surface area contributed by atoms with Gasteiger partial charge in [-0.1, -0.05) is 12.1 Å². The molecule has 0 spiro atoms. The monoisotopic (exact) mass is 314 g/mol. The van der Waals surface area contributed by atoms with Gasteiger partial charge in [-0.25, -0.2) is 13.1 Å². The first-order valence-electron chi connectivity index (χ1n) is 6.87. The van der Waals surface area contributed by atoms with Crippen LogP contribution in [0.4, 0.5) is 0 Å². The molecule has 1 aliphatic rings. The summed E-state index contributed by atoms with van der Waals surface area (Å²) in [5.74, 6) is 0. The lowest BCUT2D eigenvalue weighted by atomic mass is 10.0. The molecule has 1 aromatic carbocycles. The summed E-state index contributed by atoms with van der Waals surface area (Å²) in [5, 5.41) is 0. The van der Waals surface area contributed by atoms with Crippen LogP contribution in [-0.2, 0) is 19.5 Å². The summed E-state index contributed by atoms with van der Waals surface area (Å²) in [4.78, 5) is 0.211. The Bertz CT molecular complexity index is 580. The van der Waals surface area contributed by atoms with Crippen LogP contribution in [0.2, 0.25) is 0 Å². The van der Waals surface area contributed by atoms with Gasteiger partial charge in [-0.15, -0.1) is 0 Å². The molecule has 1 fully saturated rings. The van der Waals surface area contributed by atoms with E-state index in [0.717, 1.165) is 5.56 Å². The van der Waals surface area contributed by atoms with Crippen molar-refractivity contribution >= 4 is 10.0 Å². The third-order valence-electron chi connectivity index (χ3n) is 3.78. The fourth-order valence-corrected chi connectivity index (χ4v) is 3.40. The van der Waals surface area contributed by atoms with Crippen molar-refractivity contribution < 1.29 is 17.9 Å². The van der Waals surface area contributed by atoms with Crippen molar-refractivity contribution in [3.8, 4) is 0 Å². The van der Waals surface area contributed by atoms with Crippen molar-refractivity contribution in [2.45, 2.75) is 29.9 Å². The Balaban J connectivity index is 2.13. The Kier molecular flexibility index (Phi) is 5.00. The van der Waals surface area contributed by atoms with Crippen molar-refractivity contribution in [1.29, 1.82) is 0 Å². The quantitative estimate of drug-likeness (QED) is 0.810. The smallest absolute Gasteiger partial charge is 0.240 e. The second-order valence-electron chi connectivity index (χ2n) is 5.38. The van der Waals surface area contributed by atoms with Gasteiger partial charge in [-0.3, -0.25) is 0 Å². The highest BCUT2D eigenvalue weighted by atomic mass is 32.2. The van der Waals surface area contributed by atoms with Crippen LogP contribution < -0.4 is 10.5 Å². The lowest BCUT2D eigenvalue weighted by Crippen LogP contribution is -2.44. The van der Waals surface area contributed by atoms with Gasteiger partial charge in [0.05, 0.1) is 11.5 Å². The number of methoxy groups -OCH3 is 1. The van der Waals surface area contributed by atoms with Crippen LogP contribution >= 0.6 is 0 Å². The van der Waals surface area contributed by atoms with Crippen LogP contribution in [-0.4, -0.2) is 40.9 Å². The van der Waals surface area contributed by atoms with E-state index in [1.807, 2.05) is 13.0 Å². The molecule has 0 amide bonds. The summed E-state index contributed by atoms with van der Waals surface area (Å²) in [5.41, 5.74) is 5.99. The molecule has 1 saturated heterocycles. The number of hydrogen-bond donors (Lipinski definition) is 2. The molecular formula is C14H22N2O4S. The van der Waals surface area contributed by atoms with Gasteiger partial charge in [0.25, 0.3) is 0 Å². The minimum Gasteiger partial charge on any atom is -0.378 e. The zero-order valence-electron chi connectivity index (χ0n) is 12.3. The van der Waals surface area contributed by atoms with E-state index in [2.05, 4.69) is 4.72 Å². The normalized spacial score (nSPS) is 24.1. The second kappa shape index (κ2) is 6.41. The number of benzene rings is 1. The van der Waals surface area contributed by atoms with Crippen LogP contribution in [0, 0.1) is 0 Å². The molecule has 118 valence electrons. The zero-order valence-corrected chi connectivity index (χ0v) is 13.2. The Hall–Kier alpha value is -0.990. The maximum absolute atomic E-state index is 12.4. The molecule has 6 nitrogen and oxygen atoms in total. The van der Waals surface area contributed by atoms with Gasteiger partial charge in [-0.05, 0) is 24.6 Å². The van der Waals surface area contributed by atoms with Gasteiger partial charge in [0.2, 0.25) is 10.0 Å². The molecule has 1 aliphatic heterocycles. The Morgan fingerprint density at radius 3 is 2.86 bits per heavy atom. The molecule has 0 saturated carbocycles. The average molecular weight is 314 g/mol. The molecule has 2 atom stereocenters. The van der Waals surface area contributed by atoms with Crippen molar-refractivity contribution in [1.82, 2.24) is 4.72 Å². The Labute approximate surface area is 125 Å². The lowest BCUT2D eigenvalue weighted by Gasteiger charge is -2.25. The first-order chi connectivity index (χ1) is 9.88. The lowest BCUT2D eigenvalue weighted by molar-refractivity contribution is -0.0120. The summed E-state index contributed by atoms with van der Waals surface area (Å²) < 4.78 is 38.1. The summed E-state index contributed by atoms with van der Waals surface area (Å²) in [6.45, 7) is 2.98. The van der Waals surface area contributed by atoms with Gasteiger partial charge in [0.15, 0.2) is 0 Å². The van der Waals surface area contributed by atoms with Crippen molar-refractivity contribution in [3.05, 3.63) is 29.8 Å². The largest absolute Gasteiger partial charge is 0.378 e. The van der Waals surface area contributed by atoms with E-state index in [9.17, 15) is 8.42 Å². The van der Waals surface area contributed by atoms with E-state index in [0.29, 0.717) is 19.6 Å². The molecule has 1 aromatic rings. The number of ether oxygens (including phenoxy) is 2. The second-order valence-corrected chi connectivity index (χ2v) is 7.14. The van der Waals surface area contributed by atoms with Gasteiger partial charge in [-0.2, -0.15) is 0 Å². The molecule has 0 bridgehead atoms. The fraction of sp³-hybridized carbons (Fsp3) is 0.571. The Morgan fingerprint density at radius 1 is 1.52 bits per heavy atom. The molecule has 0 aromatic heterocycles. The van der Waals surface area contributed by atoms with E-state index >= 15 is 0 Å². The predicted octanol–water partition coefficient (Wildman–Crippen LogP) is 0.790. The average Bonchev–Trinajstić information content (AvgIpc) is 2.95. The number of sulfonamides is 1. The van der Waals surface area contributed by atoms with E-state index in [1.165, 1.54) is 0 Å². The Morgan fingerprint density at radius 2 is 2.29 bits per heavy atom. The number of rotatable bonds is 6. The minimum absolute atomic E-state index is 0.189. The fourth-order valence-electron chi connectivity index (χ4n) is 2.24. The summed E-state index contributed by atoms with van der Waals surface area (Å²) in [6.07, 6.45) is 0.673. The molecule has 21 heavy (non-hydrogen) atoms. The number of nitrogens with one attached hydrogen (secondary N) is 1. The standard InChI is InChI=1S/C14H22N2O4S/c1-11(15)12-4-3-5-13(8-12)21(17,18)16-9-14(19-2)6-7-20-10-14/h3-5,8,11,16H,6-7,9-10,15H2,1-2H3. The van der Waals surface area contributed by atoms with Crippen molar-refractivity contribution in [2.75, 3.05) is 26.9 Å². The SMILES string of the molecule is COC1(CNS(=O)(=O)c2cccc(C(C)N)c2)CCOC1. The molecule has 2 rings (SSSR count). The molecule has 1 heterocycles. The molecule has 0 aliphatic carbocycles. The van der Waals surface area contributed by atoms with E-state index in [1.54, 1.807) is 25.3 Å². The first kappa shape index (κ1) is 16.4. The highest BCUT2D eigenvalue weighted by Crippen LogP contribution is 2.23. The van der Waals surface area contributed by atoms with Gasteiger partial charge in [0.1, 0.15) is 5.60 Å². The van der Waals surface area contributed by atoms with Crippen LogP contribution in [0.1, 0.15) is 24.9 Å². The highest BCUT2D eigenvalue weighted by molar-refractivity contribution is 7.89. The number of nitrogens with two attached hydrogens (primary N) is 1. The highest BCUT2D eigenvalue weighted by Gasteiger charge is 2.36. The van der Waals surface area contributed by atoms with E-state index in [-0.39, 0.29) is 17.5 Å². The van der Waals surface area contributed by atoms with Gasteiger partial charge in [0, 0.05) is 32.7 Å². The molecular weight excluding hydrogens is 292 g/mol. The minimum atomic E-state index is -3.59. The molecule has 2 unspecified atom stereocenters. The molecule has 3 N–H and O–H groups in total. The topological polar surface area (TPSA) is 90.7 Å². The summed E-state index contributed by atoms with van der Waals surface area (Å²) in [7, 11) is -2.02. The number of hydrogen-bond acceptors (Lipinski definition) is 5.